The Labute approximate surface area is 146 Å². The second kappa shape index (κ2) is 9.20. The van der Waals surface area contributed by atoms with Crippen LogP contribution in [0, 0.1) is 0 Å². The molecule has 0 radical (unpaired) electrons. The number of carbonyl (C=O) groups is 2. The van der Waals surface area contributed by atoms with Crippen LogP contribution in [0.1, 0.15) is 15.2 Å². The summed E-state index contributed by atoms with van der Waals surface area (Å²) < 4.78 is 0. The molecule has 0 fully saturated rings. The number of likely N-dealkylation sites (N-methyl/N-ethyl adjacent to an activating group) is 1. The summed E-state index contributed by atoms with van der Waals surface area (Å²) in [5.41, 5.74) is 1.23. The van der Waals surface area contributed by atoms with Gasteiger partial charge < -0.3 is 15.5 Å². The van der Waals surface area contributed by atoms with Crippen LogP contribution in [0.2, 0.25) is 0 Å². The third-order valence-electron chi connectivity index (χ3n) is 3.73. The van der Waals surface area contributed by atoms with Gasteiger partial charge in [0.25, 0.3) is 5.91 Å². The second-order valence-corrected chi connectivity index (χ2v) is 6.72. The first-order chi connectivity index (χ1) is 11.6. The zero-order valence-electron chi connectivity index (χ0n) is 14.0. The van der Waals surface area contributed by atoms with Gasteiger partial charge in [0.1, 0.15) is 0 Å². The highest BCUT2D eigenvalue weighted by atomic mass is 32.1. The predicted octanol–water partition coefficient (Wildman–Crippen LogP) is 1.77. The predicted molar refractivity (Wildman–Crippen MR) is 97.3 cm³/mol. The van der Waals surface area contributed by atoms with E-state index in [1.54, 1.807) is 6.07 Å². The molecular weight excluding hydrogens is 322 g/mol. The Morgan fingerprint density at radius 3 is 2.46 bits per heavy atom. The van der Waals surface area contributed by atoms with Crippen LogP contribution >= 0.6 is 11.3 Å². The quantitative estimate of drug-likeness (QED) is 0.766. The number of benzene rings is 1. The molecule has 0 saturated heterocycles. The Kier molecular flexibility index (Phi) is 6.96. The van der Waals surface area contributed by atoms with Gasteiger partial charge in [-0.1, -0.05) is 36.4 Å². The smallest absolute Gasteiger partial charge is 0.261 e. The number of thiophene rings is 1. The number of hydrogen-bond acceptors (Lipinski definition) is 4. The lowest BCUT2D eigenvalue weighted by molar-refractivity contribution is -0.120. The van der Waals surface area contributed by atoms with Crippen molar-refractivity contribution >= 4 is 23.2 Å². The lowest BCUT2D eigenvalue weighted by Crippen LogP contribution is -2.44. The highest BCUT2D eigenvalue weighted by molar-refractivity contribution is 7.12. The molecule has 128 valence electrons. The van der Waals surface area contributed by atoms with Crippen molar-refractivity contribution in [2.75, 3.05) is 27.2 Å². The van der Waals surface area contributed by atoms with Crippen LogP contribution in [-0.2, 0) is 11.2 Å². The summed E-state index contributed by atoms with van der Waals surface area (Å²) in [4.78, 5) is 26.5. The number of hydrogen-bond donors (Lipinski definition) is 2. The van der Waals surface area contributed by atoms with Gasteiger partial charge in [0.2, 0.25) is 5.91 Å². The van der Waals surface area contributed by atoms with Gasteiger partial charge in [-0.25, -0.2) is 0 Å². The molecule has 1 aromatic carbocycles. The molecule has 24 heavy (non-hydrogen) atoms. The first-order valence-electron chi connectivity index (χ1n) is 7.85. The van der Waals surface area contributed by atoms with Gasteiger partial charge in [-0.15, -0.1) is 11.3 Å². The highest BCUT2D eigenvalue weighted by Gasteiger charge is 2.14. The third kappa shape index (κ3) is 5.79. The van der Waals surface area contributed by atoms with E-state index in [-0.39, 0.29) is 24.4 Å². The zero-order valence-corrected chi connectivity index (χ0v) is 14.8. The Morgan fingerprint density at radius 1 is 1.08 bits per heavy atom. The molecule has 5 nitrogen and oxygen atoms in total. The maximum absolute atomic E-state index is 12.0. The molecule has 2 aromatic rings. The SMILES string of the molecule is CN(C)C(CNC(=O)CNC(=O)c1cccs1)Cc1ccccc1. The van der Waals surface area contributed by atoms with Gasteiger partial charge in [-0.2, -0.15) is 0 Å². The molecule has 1 heterocycles. The fourth-order valence-corrected chi connectivity index (χ4v) is 2.91. The van der Waals surface area contributed by atoms with Gasteiger partial charge in [-0.05, 0) is 37.5 Å². The van der Waals surface area contributed by atoms with E-state index in [9.17, 15) is 9.59 Å². The van der Waals surface area contributed by atoms with Gasteiger partial charge in [0.05, 0.1) is 11.4 Å². The summed E-state index contributed by atoms with van der Waals surface area (Å²) in [6.45, 7) is 0.526. The van der Waals surface area contributed by atoms with Crippen LogP contribution in [0.25, 0.3) is 0 Å². The van der Waals surface area contributed by atoms with Gasteiger partial charge in [-0.3, -0.25) is 9.59 Å². The lowest BCUT2D eigenvalue weighted by atomic mass is 10.1. The molecule has 2 N–H and O–H groups in total. The molecule has 0 aliphatic rings. The molecule has 1 unspecified atom stereocenters. The molecule has 6 heteroatoms. The molecule has 0 aliphatic carbocycles. The minimum Gasteiger partial charge on any atom is -0.353 e. The molecule has 0 saturated carbocycles. The van der Waals surface area contributed by atoms with Crippen molar-refractivity contribution in [3.8, 4) is 0 Å². The standard InChI is InChI=1S/C18H23N3O2S/c1-21(2)15(11-14-7-4-3-5-8-14)12-19-17(22)13-20-18(23)16-9-6-10-24-16/h3-10,15H,11-13H2,1-2H3,(H,19,22)(H,20,23). The molecule has 0 spiro atoms. The van der Waals surface area contributed by atoms with E-state index in [0.29, 0.717) is 11.4 Å². The Hall–Kier alpha value is -2.18. The normalized spacial score (nSPS) is 12.0. The second-order valence-electron chi connectivity index (χ2n) is 5.77. The summed E-state index contributed by atoms with van der Waals surface area (Å²) in [5, 5.41) is 7.36. The maximum Gasteiger partial charge on any atom is 0.261 e. The van der Waals surface area contributed by atoms with Crippen LogP contribution in [-0.4, -0.2) is 49.9 Å². The summed E-state index contributed by atoms with van der Waals surface area (Å²) in [5.74, 6) is -0.395. The fraction of sp³-hybridized carbons (Fsp3) is 0.333. The first-order valence-corrected chi connectivity index (χ1v) is 8.73. The number of rotatable bonds is 8. The van der Waals surface area contributed by atoms with Crippen molar-refractivity contribution in [3.63, 3.8) is 0 Å². The Morgan fingerprint density at radius 2 is 1.83 bits per heavy atom. The summed E-state index contributed by atoms with van der Waals surface area (Å²) in [6.07, 6.45) is 0.857. The van der Waals surface area contributed by atoms with Crippen molar-refractivity contribution in [3.05, 3.63) is 58.3 Å². The maximum atomic E-state index is 12.0. The molecule has 1 aromatic heterocycles. The average molecular weight is 345 g/mol. The van der Waals surface area contributed by atoms with Crippen molar-refractivity contribution in [1.82, 2.24) is 15.5 Å². The largest absolute Gasteiger partial charge is 0.353 e. The molecule has 0 aliphatic heterocycles. The molecule has 2 amide bonds. The lowest BCUT2D eigenvalue weighted by Gasteiger charge is -2.24. The Bertz CT molecular complexity index is 642. The van der Waals surface area contributed by atoms with E-state index in [1.807, 2.05) is 43.7 Å². The highest BCUT2D eigenvalue weighted by Crippen LogP contribution is 2.07. The van der Waals surface area contributed by atoms with Crippen LogP contribution in [0.3, 0.4) is 0 Å². The van der Waals surface area contributed by atoms with E-state index in [2.05, 4.69) is 27.7 Å². The monoisotopic (exact) mass is 345 g/mol. The van der Waals surface area contributed by atoms with Gasteiger partial charge in [0.15, 0.2) is 0 Å². The Balaban J connectivity index is 1.76. The average Bonchev–Trinajstić information content (AvgIpc) is 3.11. The van der Waals surface area contributed by atoms with Crippen molar-refractivity contribution in [2.24, 2.45) is 0 Å². The first kappa shape index (κ1) is 18.2. The number of amides is 2. The van der Waals surface area contributed by atoms with Crippen LogP contribution in [0.5, 0.6) is 0 Å². The van der Waals surface area contributed by atoms with Gasteiger partial charge >= 0.3 is 0 Å². The summed E-state index contributed by atoms with van der Waals surface area (Å²) in [6, 6.07) is 13.9. The van der Waals surface area contributed by atoms with Crippen LogP contribution in [0.4, 0.5) is 0 Å². The van der Waals surface area contributed by atoms with E-state index in [0.717, 1.165) is 6.42 Å². The fourth-order valence-electron chi connectivity index (χ4n) is 2.27. The van der Waals surface area contributed by atoms with Crippen LogP contribution < -0.4 is 10.6 Å². The van der Waals surface area contributed by atoms with E-state index in [4.69, 9.17) is 0 Å². The minimum absolute atomic E-state index is 0.0117. The summed E-state index contributed by atoms with van der Waals surface area (Å²) >= 11 is 1.36. The molecule has 1 atom stereocenters. The molecule has 0 bridgehead atoms. The zero-order chi connectivity index (χ0) is 17.4. The van der Waals surface area contributed by atoms with Crippen molar-refractivity contribution in [1.29, 1.82) is 0 Å². The van der Waals surface area contributed by atoms with Crippen molar-refractivity contribution in [2.45, 2.75) is 12.5 Å². The number of carbonyl (C=O) groups excluding carboxylic acids is 2. The molecular formula is C18H23N3O2S. The minimum atomic E-state index is -0.214. The van der Waals surface area contributed by atoms with E-state index in [1.165, 1.54) is 16.9 Å². The molecule has 2 rings (SSSR count). The van der Waals surface area contributed by atoms with E-state index < -0.39 is 0 Å². The van der Waals surface area contributed by atoms with Crippen LogP contribution in [0.15, 0.2) is 47.8 Å². The number of nitrogens with one attached hydrogen (secondary N) is 2. The van der Waals surface area contributed by atoms with E-state index >= 15 is 0 Å². The summed E-state index contributed by atoms with van der Waals surface area (Å²) in [7, 11) is 4.00. The van der Waals surface area contributed by atoms with Crippen molar-refractivity contribution < 1.29 is 9.59 Å². The third-order valence-corrected chi connectivity index (χ3v) is 4.60. The number of nitrogens with zero attached hydrogens (tertiary/aromatic N) is 1. The van der Waals surface area contributed by atoms with Gasteiger partial charge in [0, 0.05) is 12.6 Å². The topological polar surface area (TPSA) is 61.4 Å².